The fourth-order valence-corrected chi connectivity index (χ4v) is 11.9. The van der Waals surface area contributed by atoms with Crippen molar-refractivity contribution < 1.29 is 89.4 Å². The zero-order valence-electron chi connectivity index (χ0n) is 58.1. The quantitative estimate of drug-likeness (QED) is 0.0199. The van der Waals surface area contributed by atoms with E-state index in [0.717, 1.165) is 83.5 Å². The Morgan fingerprint density at radius 2 is 0.737 bits per heavy atom. The van der Waals surface area contributed by atoms with Gasteiger partial charge in [-0.3, -0.25) is 4.79 Å². The molecular formula is C76H131NO18. The molecule has 0 aromatic carbocycles. The van der Waals surface area contributed by atoms with Gasteiger partial charge in [-0.15, -0.1) is 0 Å². The van der Waals surface area contributed by atoms with Crippen molar-refractivity contribution in [2.24, 2.45) is 0 Å². The van der Waals surface area contributed by atoms with Gasteiger partial charge in [0.2, 0.25) is 5.91 Å². The number of unbranched alkanes of at least 4 members (excludes halogenated alkanes) is 26. The van der Waals surface area contributed by atoms with Crippen LogP contribution in [0.15, 0.2) is 97.2 Å². The topological polar surface area (TPSA) is 307 Å². The van der Waals surface area contributed by atoms with Crippen LogP contribution in [0, 0.1) is 0 Å². The predicted octanol–water partition coefficient (Wildman–Crippen LogP) is 10.8. The summed E-state index contributed by atoms with van der Waals surface area (Å²) in [5, 5.41) is 120. The second-order valence-corrected chi connectivity index (χ2v) is 26.0. The van der Waals surface area contributed by atoms with E-state index in [4.69, 9.17) is 28.4 Å². The molecule has 0 spiro atoms. The van der Waals surface area contributed by atoms with E-state index in [1.807, 2.05) is 6.08 Å². The minimum absolute atomic E-state index is 0.231. The number of ether oxygens (including phenoxy) is 6. The average molecular weight is 1350 g/mol. The number of carbonyl (C=O) groups excluding carboxylic acids is 1. The van der Waals surface area contributed by atoms with Crippen molar-refractivity contribution in [1.82, 2.24) is 5.32 Å². The van der Waals surface area contributed by atoms with Crippen molar-refractivity contribution in [3.05, 3.63) is 97.2 Å². The summed E-state index contributed by atoms with van der Waals surface area (Å²) in [7, 11) is 0. The average Bonchev–Trinajstić information content (AvgIpc) is 0.787. The molecule has 95 heavy (non-hydrogen) atoms. The largest absolute Gasteiger partial charge is 0.394 e. The predicted molar refractivity (Wildman–Crippen MR) is 374 cm³/mol. The first-order valence-electron chi connectivity index (χ1n) is 37.0. The molecule has 0 aromatic heterocycles. The molecule has 1 amide bonds. The number of carbonyl (C=O) groups is 1. The van der Waals surface area contributed by atoms with Crippen molar-refractivity contribution in [2.75, 3.05) is 26.4 Å². The molecule has 17 unspecified atom stereocenters. The van der Waals surface area contributed by atoms with Crippen LogP contribution in [0.25, 0.3) is 0 Å². The molecule has 0 bridgehead atoms. The SMILES string of the molecule is CC/C=C\C/C=C\C/C=C\C/C=C\C/C=C\CCCCCCCCCCCCCCCCCCCCCCCCCC(=O)NC(COC1OC(CO)C(OC2OC(CO)C(OC3OC(CO)C(O)C(O)C3O)C(O)C2O)C(O)C1O)C(O)/C=C/CC/C=C/CC/C=C/CCC. The third-order valence-corrected chi connectivity index (χ3v) is 17.8. The van der Waals surface area contributed by atoms with Gasteiger partial charge in [-0.1, -0.05) is 252 Å². The number of allylic oxidation sites excluding steroid dienone is 15. The molecule has 3 aliphatic rings. The van der Waals surface area contributed by atoms with Crippen LogP contribution in [-0.2, 0) is 33.2 Å². The maximum atomic E-state index is 13.4. The molecule has 19 nitrogen and oxygen atoms in total. The van der Waals surface area contributed by atoms with Crippen LogP contribution in [0.5, 0.6) is 0 Å². The van der Waals surface area contributed by atoms with E-state index >= 15 is 0 Å². The van der Waals surface area contributed by atoms with Gasteiger partial charge < -0.3 is 89.9 Å². The Morgan fingerprint density at radius 3 is 1.17 bits per heavy atom. The van der Waals surface area contributed by atoms with Gasteiger partial charge >= 0.3 is 0 Å². The van der Waals surface area contributed by atoms with Crippen LogP contribution in [0.2, 0.25) is 0 Å². The molecule has 3 fully saturated rings. The van der Waals surface area contributed by atoms with E-state index in [1.54, 1.807) is 6.08 Å². The Kier molecular flexibility index (Phi) is 51.1. The van der Waals surface area contributed by atoms with Crippen molar-refractivity contribution >= 4 is 5.91 Å². The highest BCUT2D eigenvalue weighted by Gasteiger charge is 2.53. The number of hydrogen-bond acceptors (Lipinski definition) is 18. The summed E-state index contributed by atoms with van der Waals surface area (Å²) >= 11 is 0. The van der Waals surface area contributed by atoms with Gasteiger partial charge in [0, 0.05) is 6.42 Å². The molecule has 3 heterocycles. The summed E-state index contributed by atoms with van der Waals surface area (Å²) in [5.41, 5.74) is 0. The van der Waals surface area contributed by atoms with Gasteiger partial charge in [0.25, 0.3) is 0 Å². The third-order valence-electron chi connectivity index (χ3n) is 17.8. The number of rotatable bonds is 56. The lowest BCUT2D eigenvalue weighted by Gasteiger charge is -2.48. The highest BCUT2D eigenvalue weighted by molar-refractivity contribution is 5.76. The molecule has 3 rings (SSSR count). The minimum Gasteiger partial charge on any atom is -0.394 e. The molecule has 0 aliphatic carbocycles. The first kappa shape index (κ1) is 85.9. The fraction of sp³-hybridized carbons (Fsp3) is 0.776. The lowest BCUT2D eigenvalue weighted by atomic mass is 9.96. The standard InChI is InChI=1S/C76H131NO18/c1-3-5-7-9-11-13-15-16-17-18-19-20-21-22-23-24-25-26-27-28-29-30-31-32-33-34-35-36-37-38-39-40-41-42-44-46-48-50-52-54-64(82)77-59(60(81)53-51-49-47-45-43-14-12-10-8-6-4-2)58-90-74-70(88)67(85)72(62(56-79)92-74)95-76-71(89)68(86)73(63(57-80)93-76)94-75-69(87)66(84)65(83)61(55-78)91-75/h5,7-8,10-11,13,16-17,19-20,22-23,43,45,51,53,59-63,65-76,78-81,83-89H,3-4,6,9,12,14-15,18,21,24-42,44,46-50,52,54-58H2,1-2H3,(H,77,82)/b7-5-,10-8+,13-11-,17-16-,20-19-,23-22-,45-43+,53-51+. The van der Waals surface area contributed by atoms with Gasteiger partial charge in [0.15, 0.2) is 18.9 Å². The smallest absolute Gasteiger partial charge is 0.220 e. The van der Waals surface area contributed by atoms with E-state index in [1.165, 1.54) is 128 Å². The van der Waals surface area contributed by atoms with E-state index in [9.17, 15) is 61.0 Å². The molecule has 0 aromatic rings. The van der Waals surface area contributed by atoms with Gasteiger partial charge in [-0.2, -0.15) is 0 Å². The van der Waals surface area contributed by atoms with Gasteiger partial charge in [0.1, 0.15) is 73.2 Å². The summed E-state index contributed by atoms with van der Waals surface area (Å²) in [6.45, 7) is 1.50. The van der Waals surface area contributed by atoms with Crippen LogP contribution in [0.3, 0.4) is 0 Å². The lowest BCUT2D eigenvalue weighted by Crippen LogP contribution is -2.66. The zero-order valence-corrected chi connectivity index (χ0v) is 58.1. The summed E-state index contributed by atoms with van der Waals surface area (Å²) in [4.78, 5) is 13.4. The Morgan fingerprint density at radius 1 is 0.389 bits per heavy atom. The highest BCUT2D eigenvalue weighted by Crippen LogP contribution is 2.33. The molecule has 3 aliphatic heterocycles. The summed E-state index contributed by atoms with van der Waals surface area (Å²) in [5.74, 6) is -0.291. The van der Waals surface area contributed by atoms with Crippen LogP contribution in [0.1, 0.15) is 245 Å². The zero-order chi connectivity index (χ0) is 68.9. The normalized spacial score (nSPS) is 27.8. The molecular weight excluding hydrogens is 1210 g/mol. The molecule has 17 atom stereocenters. The number of aliphatic hydroxyl groups excluding tert-OH is 11. The monoisotopic (exact) mass is 1350 g/mol. The fourth-order valence-electron chi connectivity index (χ4n) is 11.9. The Bertz CT molecular complexity index is 2100. The van der Waals surface area contributed by atoms with Crippen molar-refractivity contribution in [3.63, 3.8) is 0 Å². The Labute approximate surface area is 571 Å². The number of amides is 1. The van der Waals surface area contributed by atoms with Crippen molar-refractivity contribution in [3.8, 4) is 0 Å². The molecule has 3 saturated heterocycles. The molecule has 12 N–H and O–H groups in total. The number of hydrogen-bond donors (Lipinski definition) is 12. The molecule has 19 heteroatoms. The van der Waals surface area contributed by atoms with Crippen molar-refractivity contribution in [2.45, 2.75) is 349 Å². The van der Waals surface area contributed by atoms with Crippen LogP contribution >= 0.6 is 0 Å². The Hall–Kier alpha value is -3.29. The summed E-state index contributed by atoms with van der Waals surface area (Å²) in [6, 6.07) is -0.997. The molecule has 0 radical (unpaired) electrons. The number of nitrogens with one attached hydrogen (secondary N) is 1. The summed E-state index contributed by atoms with van der Waals surface area (Å²) < 4.78 is 34.3. The van der Waals surface area contributed by atoms with E-state index in [0.29, 0.717) is 12.8 Å². The number of aliphatic hydroxyl groups is 11. The van der Waals surface area contributed by atoms with Crippen LogP contribution in [-0.4, -0.2) is 193 Å². The van der Waals surface area contributed by atoms with Crippen LogP contribution < -0.4 is 5.32 Å². The van der Waals surface area contributed by atoms with Gasteiger partial charge in [-0.05, 0) is 83.5 Å². The van der Waals surface area contributed by atoms with E-state index < -0.39 is 124 Å². The summed E-state index contributed by atoms with van der Waals surface area (Å²) in [6.07, 6.45) is 48.7. The van der Waals surface area contributed by atoms with E-state index in [-0.39, 0.29) is 18.9 Å². The van der Waals surface area contributed by atoms with Gasteiger partial charge in [0.05, 0.1) is 38.6 Å². The first-order valence-corrected chi connectivity index (χ1v) is 37.0. The highest BCUT2D eigenvalue weighted by atomic mass is 16.8. The second-order valence-electron chi connectivity index (χ2n) is 26.0. The first-order chi connectivity index (χ1) is 46.3. The maximum absolute atomic E-state index is 13.4. The minimum atomic E-state index is -1.98. The lowest BCUT2D eigenvalue weighted by molar-refractivity contribution is -0.379. The molecule has 0 saturated carbocycles. The van der Waals surface area contributed by atoms with Crippen LogP contribution in [0.4, 0.5) is 0 Å². The van der Waals surface area contributed by atoms with E-state index in [2.05, 4.69) is 104 Å². The third kappa shape index (κ3) is 37.6. The molecule has 548 valence electrons. The van der Waals surface area contributed by atoms with Gasteiger partial charge in [-0.25, -0.2) is 0 Å². The Balaban J connectivity index is 1.28. The second kappa shape index (κ2) is 56.5. The van der Waals surface area contributed by atoms with Crippen molar-refractivity contribution in [1.29, 1.82) is 0 Å². The maximum Gasteiger partial charge on any atom is 0.220 e.